The van der Waals surface area contributed by atoms with Crippen LogP contribution in [0, 0.1) is 0 Å². The van der Waals surface area contributed by atoms with Crippen LogP contribution in [0.25, 0.3) is 11.3 Å². The standard InChI is InChI=1S/C15H18N4O4S/c1-8-12(16-3-4-23-8)13(20)19-15-18-11(7-24-15)9-5-10(17-6-9)14(21)22-2/h5-8,12,16-17H,3-4H2,1-2H3,(H,18,19,20)/t8-,12+/m1/s1. The smallest absolute Gasteiger partial charge is 0.354 e. The monoisotopic (exact) mass is 350 g/mol. The number of H-pyrrole nitrogens is 1. The molecule has 1 fully saturated rings. The fourth-order valence-electron chi connectivity index (χ4n) is 2.44. The van der Waals surface area contributed by atoms with Crippen molar-refractivity contribution < 1.29 is 19.1 Å². The third-order valence-corrected chi connectivity index (χ3v) is 4.48. The van der Waals surface area contributed by atoms with Gasteiger partial charge in [0.2, 0.25) is 5.91 Å². The summed E-state index contributed by atoms with van der Waals surface area (Å²) in [5.41, 5.74) is 1.77. The Hall–Kier alpha value is -2.23. The first-order valence-electron chi connectivity index (χ1n) is 7.47. The van der Waals surface area contributed by atoms with E-state index in [9.17, 15) is 9.59 Å². The summed E-state index contributed by atoms with van der Waals surface area (Å²) in [4.78, 5) is 31.0. The number of anilines is 1. The SMILES string of the molecule is COC(=O)c1cc(-c2csc(NC(=O)[C@H]3NCCO[C@@H]3C)n2)c[nH]1. The van der Waals surface area contributed by atoms with Crippen molar-refractivity contribution in [2.45, 2.75) is 19.1 Å². The van der Waals surface area contributed by atoms with Crippen molar-refractivity contribution in [1.29, 1.82) is 0 Å². The van der Waals surface area contributed by atoms with Crippen LogP contribution in [-0.4, -0.2) is 54.3 Å². The van der Waals surface area contributed by atoms with Crippen LogP contribution >= 0.6 is 11.3 Å². The van der Waals surface area contributed by atoms with E-state index in [0.717, 1.165) is 5.56 Å². The normalized spacial score (nSPS) is 20.6. The number of carbonyl (C=O) groups is 2. The maximum atomic E-state index is 12.3. The molecule has 0 unspecified atom stereocenters. The highest BCUT2D eigenvalue weighted by molar-refractivity contribution is 7.14. The van der Waals surface area contributed by atoms with E-state index in [2.05, 4.69) is 25.3 Å². The molecule has 1 aliphatic rings. The van der Waals surface area contributed by atoms with Gasteiger partial charge >= 0.3 is 5.97 Å². The summed E-state index contributed by atoms with van der Waals surface area (Å²) >= 11 is 1.32. The number of carbonyl (C=O) groups excluding carboxylic acids is 2. The van der Waals surface area contributed by atoms with Gasteiger partial charge in [0.05, 0.1) is 25.5 Å². The fraction of sp³-hybridized carbons (Fsp3) is 0.400. The maximum absolute atomic E-state index is 12.3. The van der Waals surface area contributed by atoms with Crippen molar-refractivity contribution in [1.82, 2.24) is 15.3 Å². The summed E-state index contributed by atoms with van der Waals surface area (Å²) in [6, 6.07) is 1.26. The van der Waals surface area contributed by atoms with Crippen molar-refractivity contribution in [3.8, 4) is 11.3 Å². The number of ether oxygens (including phenoxy) is 2. The van der Waals surface area contributed by atoms with E-state index >= 15 is 0 Å². The van der Waals surface area contributed by atoms with E-state index in [4.69, 9.17) is 4.74 Å². The highest BCUT2D eigenvalue weighted by Crippen LogP contribution is 2.26. The molecular weight excluding hydrogens is 332 g/mol. The molecule has 24 heavy (non-hydrogen) atoms. The predicted molar refractivity (Wildman–Crippen MR) is 89.1 cm³/mol. The van der Waals surface area contributed by atoms with Crippen LogP contribution in [0.4, 0.5) is 5.13 Å². The Kier molecular flexibility index (Phi) is 4.93. The van der Waals surface area contributed by atoms with E-state index < -0.39 is 12.0 Å². The molecule has 2 aromatic rings. The number of morpholine rings is 1. The number of hydrogen-bond acceptors (Lipinski definition) is 7. The molecule has 0 radical (unpaired) electrons. The number of thiazole rings is 1. The van der Waals surface area contributed by atoms with Crippen LogP contribution in [-0.2, 0) is 14.3 Å². The molecule has 1 saturated heterocycles. The molecule has 8 nitrogen and oxygen atoms in total. The number of nitrogens with zero attached hydrogens (tertiary/aromatic N) is 1. The Morgan fingerprint density at radius 1 is 1.50 bits per heavy atom. The summed E-state index contributed by atoms with van der Waals surface area (Å²) in [5, 5.41) is 8.24. The molecule has 9 heteroatoms. The first kappa shape index (κ1) is 16.6. The highest BCUT2D eigenvalue weighted by Gasteiger charge is 2.28. The van der Waals surface area contributed by atoms with E-state index in [0.29, 0.717) is 29.7 Å². The number of rotatable bonds is 4. The molecular formula is C15H18N4O4S. The van der Waals surface area contributed by atoms with Crippen molar-refractivity contribution in [3.05, 3.63) is 23.3 Å². The lowest BCUT2D eigenvalue weighted by Gasteiger charge is -2.28. The van der Waals surface area contributed by atoms with E-state index in [-0.39, 0.29) is 12.0 Å². The van der Waals surface area contributed by atoms with Gasteiger partial charge in [0.1, 0.15) is 11.7 Å². The number of hydrogen-bond donors (Lipinski definition) is 3. The van der Waals surface area contributed by atoms with Crippen LogP contribution in [0.1, 0.15) is 17.4 Å². The second-order valence-corrected chi connectivity index (χ2v) is 6.19. The van der Waals surface area contributed by atoms with Gasteiger partial charge in [0.25, 0.3) is 0 Å². The zero-order valence-electron chi connectivity index (χ0n) is 13.3. The molecule has 0 bridgehead atoms. The van der Waals surface area contributed by atoms with E-state index in [1.807, 2.05) is 12.3 Å². The van der Waals surface area contributed by atoms with Crippen LogP contribution in [0.2, 0.25) is 0 Å². The number of esters is 1. The molecule has 0 saturated carbocycles. The van der Waals surface area contributed by atoms with Gasteiger partial charge in [0.15, 0.2) is 5.13 Å². The largest absolute Gasteiger partial charge is 0.464 e. The predicted octanol–water partition coefficient (Wildman–Crippen LogP) is 1.24. The second-order valence-electron chi connectivity index (χ2n) is 5.33. The van der Waals surface area contributed by atoms with Gasteiger partial charge in [-0.15, -0.1) is 11.3 Å². The molecule has 0 aliphatic carbocycles. The molecule has 128 valence electrons. The number of aromatic nitrogens is 2. The Morgan fingerprint density at radius 2 is 2.33 bits per heavy atom. The first-order valence-corrected chi connectivity index (χ1v) is 8.35. The summed E-state index contributed by atoms with van der Waals surface area (Å²) in [5.74, 6) is -0.616. The van der Waals surface area contributed by atoms with Gasteiger partial charge in [0, 0.05) is 23.7 Å². The molecule has 1 aliphatic heterocycles. The zero-order valence-corrected chi connectivity index (χ0v) is 14.1. The summed E-state index contributed by atoms with van der Waals surface area (Å²) in [6.07, 6.45) is 1.48. The maximum Gasteiger partial charge on any atom is 0.354 e. The van der Waals surface area contributed by atoms with Crippen molar-refractivity contribution in [2.75, 3.05) is 25.6 Å². The van der Waals surface area contributed by atoms with Crippen LogP contribution < -0.4 is 10.6 Å². The Balaban J connectivity index is 1.68. The Bertz CT molecular complexity index is 741. The quantitative estimate of drug-likeness (QED) is 0.717. The number of nitrogens with one attached hydrogen (secondary N) is 3. The first-order chi connectivity index (χ1) is 11.6. The van der Waals surface area contributed by atoms with E-state index in [1.165, 1.54) is 18.4 Å². The molecule has 0 aromatic carbocycles. The van der Waals surface area contributed by atoms with Gasteiger partial charge in [-0.3, -0.25) is 4.79 Å². The second kappa shape index (κ2) is 7.12. The van der Waals surface area contributed by atoms with Crippen molar-refractivity contribution in [3.63, 3.8) is 0 Å². The summed E-state index contributed by atoms with van der Waals surface area (Å²) in [7, 11) is 1.32. The third-order valence-electron chi connectivity index (χ3n) is 3.72. The number of amides is 1. The Labute approximate surface area is 142 Å². The fourth-order valence-corrected chi connectivity index (χ4v) is 3.17. The molecule has 3 heterocycles. The average molecular weight is 350 g/mol. The summed E-state index contributed by atoms with van der Waals surface area (Å²) < 4.78 is 10.1. The summed E-state index contributed by atoms with van der Waals surface area (Å²) in [6.45, 7) is 3.10. The zero-order chi connectivity index (χ0) is 17.1. The minimum absolute atomic E-state index is 0.174. The average Bonchev–Trinajstić information content (AvgIpc) is 3.23. The van der Waals surface area contributed by atoms with Crippen LogP contribution in [0.15, 0.2) is 17.6 Å². The van der Waals surface area contributed by atoms with Gasteiger partial charge in [-0.25, -0.2) is 9.78 Å². The van der Waals surface area contributed by atoms with Gasteiger partial charge in [-0.2, -0.15) is 0 Å². The minimum Gasteiger partial charge on any atom is -0.464 e. The van der Waals surface area contributed by atoms with E-state index in [1.54, 1.807) is 12.3 Å². The Morgan fingerprint density at radius 3 is 3.08 bits per heavy atom. The topological polar surface area (TPSA) is 105 Å². The minimum atomic E-state index is -0.442. The van der Waals surface area contributed by atoms with Gasteiger partial charge in [-0.1, -0.05) is 0 Å². The molecule has 0 spiro atoms. The molecule has 1 amide bonds. The molecule has 3 N–H and O–H groups in total. The van der Waals surface area contributed by atoms with Gasteiger partial charge < -0.3 is 25.1 Å². The van der Waals surface area contributed by atoms with Crippen LogP contribution in [0.5, 0.6) is 0 Å². The number of methoxy groups -OCH3 is 1. The third kappa shape index (κ3) is 3.48. The lowest BCUT2D eigenvalue weighted by molar-refractivity contribution is -0.123. The molecule has 2 aromatic heterocycles. The molecule has 3 rings (SSSR count). The number of aromatic amines is 1. The van der Waals surface area contributed by atoms with Crippen molar-refractivity contribution >= 4 is 28.3 Å². The lowest BCUT2D eigenvalue weighted by atomic mass is 10.1. The molecule has 2 atom stereocenters. The van der Waals surface area contributed by atoms with Crippen LogP contribution in [0.3, 0.4) is 0 Å². The lowest BCUT2D eigenvalue weighted by Crippen LogP contribution is -2.53. The van der Waals surface area contributed by atoms with Gasteiger partial charge in [-0.05, 0) is 13.0 Å². The highest BCUT2D eigenvalue weighted by atomic mass is 32.1. The van der Waals surface area contributed by atoms with Crippen molar-refractivity contribution in [2.24, 2.45) is 0 Å².